The van der Waals surface area contributed by atoms with Crippen molar-refractivity contribution in [2.75, 3.05) is 0 Å². The monoisotopic (exact) mass is 204 g/mol. The van der Waals surface area contributed by atoms with Crippen molar-refractivity contribution in [3.63, 3.8) is 0 Å². The van der Waals surface area contributed by atoms with Crippen molar-refractivity contribution in [3.8, 4) is 5.82 Å². The molecule has 2 rings (SSSR count). The Morgan fingerprint density at radius 1 is 1.47 bits per heavy atom. The molecule has 0 spiro atoms. The highest BCUT2D eigenvalue weighted by atomic mass is 16.6. The van der Waals surface area contributed by atoms with Gasteiger partial charge in [0.2, 0.25) is 5.82 Å². The Kier molecular flexibility index (Phi) is 2.17. The maximum absolute atomic E-state index is 10.7. The van der Waals surface area contributed by atoms with Crippen LogP contribution in [0.4, 0.5) is 5.69 Å². The summed E-state index contributed by atoms with van der Waals surface area (Å²) in [5.74, 6) is 0.232. The van der Waals surface area contributed by atoms with Gasteiger partial charge < -0.3 is 0 Å². The van der Waals surface area contributed by atoms with Crippen LogP contribution in [0.25, 0.3) is 5.82 Å². The first kappa shape index (κ1) is 9.32. The maximum Gasteiger partial charge on any atom is 0.313 e. The van der Waals surface area contributed by atoms with Crippen molar-refractivity contribution >= 4 is 5.69 Å². The van der Waals surface area contributed by atoms with Gasteiger partial charge in [-0.1, -0.05) is 0 Å². The van der Waals surface area contributed by atoms with Crippen LogP contribution >= 0.6 is 0 Å². The maximum atomic E-state index is 10.7. The predicted octanol–water partition coefficient (Wildman–Crippen LogP) is 1.48. The van der Waals surface area contributed by atoms with Crippen LogP contribution in [0, 0.1) is 17.0 Å². The summed E-state index contributed by atoms with van der Waals surface area (Å²) in [5.41, 5.74) is 0.732. The van der Waals surface area contributed by atoms with E-state index in [2.05, 4.69) is 10.1 Å². The lowest BCUT2D eigenvalue weighted by atomic mass is 10.4. The molecule has 0 N–H and O–H groups in total. The zero-order valence-electron chi connectivity index (χ0n) is 7.99. The fourth-order valence-corrected chi connectivity index (χ4v) is 1.24. The van der Waals surface area contributed by atoms with Crippen LogP contribution in [0.2, 0.25) is 0 Å². The number of aryl methyl sites for hydroxylation is 1. The summed E-state index contributed by atoms with van der Waals surface area (Å²) in [7, 11) is 0. The Morgan fingerprint density at radius 3 is 2.87 bits per heavy atom. The molecule has 0 aromatic carbocycles. The van der Waals surface area contributed by atoms with E-state index in [9.17, 15) is 10.1 Å². The molecule has 0 fully saturated rings. The average molecular weight is 204 g/mol. The highest BCUT2D eigenvalue weighted by Gasteiger charge is 2.15. The third-order valence-corrected chi connectivity index (χ3v) is 1.90. The second-order valence-electron chi connectivity index (χ2n) is 3.00. The molecule has 76 valence electrons. The summed E-state index contributed by atoms with van der Waals surface area (Å²) in [6, 6.07) is 4.69. The fraction of sp³-hybridized carbons (Fsp3) is 0.111. The lowest BCUT2D eigenvalue weighted by Gasteiger charge is -2.00. The molecule has 0 bridgehead atoms. The first-order chi connectivity index (χ1) is 7.18. The third kappa shape index (κ3) is 1.69. The fourth-order valence-electron chi connectivity index (χ4n) is 1.24. The molecule has 0 saturated carbocycles. The van der Waals surface area contributed by atoms with Gasteiger partial charge in [-0.2, -0.15) is 5.10 Å². The van der Waals surface area contributed by atoms with Crippen LogP contribution in [0.3, 0.4) is 0 Å². The first-order valence-electron chi connectivity index (χ1n) is 4.30. The minimum atomic E-state index is -0.473. The van der Waals surface area contributed by atoms with Gasteiger partial charge in [0.25, 0.3) is 0 Å². The number of hydrogen-bond acceptors (Lipinski definition) is 4. The molecule has 6 heteroatoms. The highest BCUT2D eigenvalue weighted by Crippen LogP contribution is 2.18. The summed E-state index contributed by atoms with van der Waals surface area (Å²) in [6.07, 6.45) is 3.14. The third-order valence-electron chi connectivity index (χ3n) is 1.90. The van der Waals surface area contributed by atoms with Gasteiger partial charge in [-0.15, -0.1) is 0 Å². The van der Waals surface area contributed by atoms with Gasteiger partial charge in [-0.3, -0.25) is 10.1 Å². The highest BCUT2D eigenvalue weighted by molar-refractivity contribution is 5.45. The van der Waals surface area contributed by atoms with Crippen molar-refractivity contribution in [1.82, 2.24) is 14.8 Å². The van der Waals surface area contributed by atoms with Crippen molar-refractivity contribution in [2.24, 2.45) is 0 Å². The standard InChI is InChI=1S/C9H8N4O2/c1-7-4-6-12(11-7)9-8(13(14)15)3-2-5-10-9/h2-6H,1H3. The molecule has 2 aromatic rings. The summed E-state index contributed by atoms with van der Waals surface area (Å²) in [4.78, 5) is 14.2. The summed E-state index contributed by atoms with van der Waals surface area (Å²) in [6.45, 7) is 1.81. The van der Waals surface area contributed by atoms with E-state index in [1.807, 2.05) is 6.92 Å². The number of rotatable bonds is 2. The minimum absolute atomic E-state index is 0.0550. The van der Waals surface area contributed by atoms with Gasteiger partial charge >= 0.3 is 5.69 Å². The zero-order valence-corrected chi connectivity index (χ0v) is 7.99. The summed E-state index contributed by atoms with van der Waals surface area (Å²) in [5, 5.41) is 14.8. The van der Waals surface area contributed by atoms with E-state index < -0.39 is 4.92 Å². The van der Waals surface area contributed by atoms with Gasteiger partial charge in [-0.25, -0.2) is 9.67 Å². The Balaban J connectivity index is 2.57. The van der Waals surface area contributed by atoms with Crippen molar-refractivity contribution in [2.45, 2.75) is 6.92 Å². The summed E-state index contributed by atoms with van der Waals surface area (Å²) >= 11 is 0. The van der Waals surface area contributed by atoms with Gasteiger partial charge in [0.05, 0.1) is 10.6 Å². The molecule has 15 heavy (non-hydrogen) atoms. The van der Waals surface area contributed by atoms with Gasteiger partial charge in [0.15, 0.2) is 0 Å². The molecule has 0 aliphatic rings. The molecule has 0 atom stereocenters. The number of pyridine rings is 1. The second kappa shape index (κ2) is 3.49. The first-order valence-corrected chi connectivity index (χ1v) is 4.30. The molecule has 0 aliphatic carbocycles. The number of nitrogens with zero attached hydrogens (tertiary/aromatic N) is 4. The molecule has 0 unspecified atom stereocenters. The number of hydrogen-bond donors (Lipinski definition) is 0. The van der Waals surface area contributed by atoms with Crippen molar-refractivity contribution < 1.29 is 4.92 Å². The van der Waals surface area contributed by atoms with Gasteiger partial charge in [-0.05, 0) is 19.1 Å². The van der Waals surface area contributed by atoms with E-state index in [1.54, 1.807) is 12.3 Å². The molecule has 0 aliphatic heterocycles. The van der Waals surface area contributed by atoms with E-state index in [-0.39, 0.29) is 11.5 Å². The molecule has 2 aromatic heterocycles. The quantitative estimate of drug-likeness (QED) is 0.548. The lowest BCUT2D eigenvalue weighted by molar-refractivity contribution is -0.384. The van der Waals surface area contributed by atoms with Crippen LogP contribution in [-0.2, 0) is 0 Å². The smallest absolute Gasteiger partial charge is 0.258 e. The normalized spacial score (nSPS) is 10.2. The van der Waals surface area contributed by atoms with Crippen LogP contribution < -0.4 is 0 Å². The van der Waals surface area contributed by atoms with Crippen LogP contribution in [0.15, 0.2) is 30.6 Å². The zero-order chi connectivity index (χ0) is 10.8. The molecular formula is C9H8N4O2. The van der Waals surface area contributed by atoms with E-state index in [1.165, 1.54) is 23.0 Å². The van der Waals surface area contributed by atoms with Crippen molar-refractivity contribution in [3.05, 3.63) is 46.4 Å². The Bertz CT molecular complexity index is 506. The largest absolute Gasteiger partial charge is 0.313 e. The Labute approximate surface area is 85.3 Å². The van der Waals surface area contributed by atoms with Crippen LogP contribution in [0.5, 0.6) is 0 Å². The number of aromatic nitrogens is 3. The van der Waals surface area contributed by atoms with Gasteiger partial charge in [0.1, 0.15) is 0 Å². The van der Waals surface area contributed by atoms with E-state index in [0.717, 1.165) is 5.69 Å². The van der Waals surface area contributed by atoms with E-state index in [4.69, 9.17) is 0 Å². The molecular weight excluding hydrogens is 196 g/mol. The SMILES string of the molecule is Cc1ccn(-c2ncccc2[N+](=O)[O-])n1. The summed E-state index contributed by atoms with van der Waals surface area (Å²) < 4.78 is 1.40. The van der Waals surface area contributed by atoms with E-state index >= 15 is 0 Å². The molecule has 0 radical (unpaired) electrons. The predicted molar refractivity (Wildman–Crippen MR) is 52.8 cm³/mol. The van der Waals surface area contributed by atoms with E-state index in [0.29, 0.717) is 0 Å². The minimum Gasteiger partial charge on any atom is -0.258 e. The van der Waals surface area contributed by atoms with Gasteiger partial charge in [0, 0.05) is 18.5 Å². The van der Waals surface area contributed by atoms with Crippen molar-refractivity contribution in [1.29, 1.82) is 0 Å². The number of nitro groups is 1. The molecule has 0 saturated heterocycles. The Hall–Kier alpha value is -2.24. The average Bonchev–Trinajstić information content (AvgIpc) is 2.65. The molecule has 6 nitrogen and oxygen atoms in total. The van der Waals surface area contributed by atoms with Crippen LogP contribution in [0.1, 0.15) is 5.69 Å². The lowest BCUT2D eigenvalue weighted by Crippen LogP contribution is -2.03. The topological polar surface area (TPSA) is 73.8 Å². The molecule has 2 heterocycles. The second-order valence-corrected chi connectivity index (χ2v) is 3.00. The Morgan fingerprint density at radius 2 is 2.27 bits per heavy atom. The van der Waals surface area contributed by atoms with Crippen LogP contribution in [-0.4, -0.2) is 19.7 Å². The molecule has 0 amide bonds.